The summed E-state index contributed by atoms with van der Waals surface area (Å²) in [5.74, 6) is 0.482. The van der Waals surface area contributed by atoms with Gasteiger partial charge in [-0.15, -0.1) is 11.3 Å². The Morgan fingerprint density at radius 2 is 2.00 bits per heavy atom. The smallest absolute Gasteiger partial charge is 0.188 e. The second kappa shape index (κ2) is 9.10. The molecule has 0 aliphatic carbocycles. The molecule has 2 heterocycles. The fraction of sp³-hybridized carbons (Fsp3) is 0.250. The number of nitrogens with two attached hydrogens (primary N) is 1. The fourth-order valence-electron chi connectivity index (χ4n) is 2.57. The Hall–Kier alpha value is -2.73. The van der Waals surface area contributed by atoms with Gasteiger partial charge in [0.1, 0.15) is 0 Å². The number of hydrogen-bond acceptors (Lipinski definition) is 4. The molecule has 0 bridgehead atoms. The number of benzene rings is 1. The zero-order valence-corrected chi connectivity index (χ0v) is 15.7. The highest BCUT2D eigenvalue weighted by atomic mass is 32.1. The van der Waals surface area contributed by atoms with Crippen molar-refractivity contribution in [1.29, 1.82) is 0 Å². The van der Waals surface area contributed by atoms with Gasteiger partial charge in [0.05, 0.1) is 10.7 Å². The zero-order valence-electron chi connectivity index (χ0n) is 14.9. The summed E-state index contributed by atoms with van der Waals surface area (Å²) in [4.78, 5) is 13.1. The maximum absolute atomic E-state index is 5.92. The van der Waals surface area contributed by atoms with E-state index in [0.717, 1.165) is 41.3 Å². The first-order valence-corrected chi connectivity index (χ1v) is 9.54. The highest BCUT2D eigenvalue weighted by molar-refractivity contribution is 7.09. The number of thiazole rings is 1. The molecule has 3 aromatic rings. The van der Waals surface area contributed by atoms with Crippen LogP contribution >= 0.6 is 11.3 Å². The zero-order chi connectivity index (χ0) is 18.2. The number of aryl methyl sites for hydroxylation is 1. The lowest BCUT2D eigenvalue weighted by Crippen LogP contribution is -2.33. The normalized spacial score (nSPS) is 11.5. The molecule has 0 amide bonds. The molecule has 0 spiro atoms. The van der Waals surface area contributed by atoms with Gasteiger partial charge in [-0.05, 0) is 31.0 Å². The largest absolute Gasteiger partial charge is 0.370 e. The van der Waals surface area contributed by atoms with Gasteiger partial charge in [-0.1, -0.05) is 30.3 Å². The summed E-state index contributed by atoms with van der Waals surface area (Å²) >= 11 is 1.67. The van der Waals surface area contributed by atoms with E-state index in [-0.39, 0.29) is 0 Å². The van der Waals surface area contributed by atoms with Crippen LogP contribution in [-0.2, 0) is 12.8 Å². The van der Waals surface area contributed by atoms with E-state index in [2.05, 4.69) is 49.9 Å². The fourth-order valence-corrected chi connectivity index (χ4v) is 3.19. The summed E-state index contributed by atoms with van der Waals surface area (Å²) < 4.78 is 0. The number of rotatable bonds is 7. The SMILES string of the molecule is Cc1nc(-c2ccc(CCNC(N)=NCCc3ccccn3)cc2)cs1. The van der Waals surface area contributed by atoms with Crippen LogP contribution in [0.3, 0.4) is 0 Å². The lowest BCUT2D eigenvalue weighted by molar-refractivity contribution is 0.840. The summed E-state index contributed by atoms with van der Waals surface area (Å²) in [6.45, 7) is 3.42. The molecular formula is C20H23N5S. The molecule has 134 valence electrons. The Bertz CT molecular complexity index is 840. The minimum atomic E-state index is 0.482. The lowest BCUT2D eigenvalue weighted by atomic mass is 10.1. The van der Waals surface area contributed by atoms with Gasteiger partial charge in [-0.25, -0.2) is 4.98 Å². The van der Waals surface area contributed by atoms with E-state index in [1.54, 1.807) is 17.5 Å². The summed E-state index contributed by atoms with van der Waals surface area (Å²) in [5, 5.41) is 6.34. The van der Waals surface area contributed by atoms with Gasteiger partial charge < -0.3 is 11.1 Å². The lowest BCUT2D eigenvalue weighted by Gasteiger charge is -2.06. The summed E-state index contributed by atoms with van der Waals surface area (Å²) in [5.41, 5.74) is 10.4. The standard InChI is InChI=1S/C20H23N5S/c1-15-25-19(14-26-15)17-7-5-16(6-8-17)9-12-23-20(21)24-13-10-18-4-2-3-11-22-18/h2-8,11,14H,9-10,12-13H2,1H3,(H3,21,23,24). The number of guanidine groups is 1. The first-order valence-electron chi connectivity index (χ1n) is 8.66. The molecule has 0 atom stereocenters. The average molecular weight is 366 g/mol. The number of aliphatic imine (C=N–C) groups is 1. The first kappa shape index (κ1) is 18.1. The van der Waals surface area contributed by atoms with Gasteiger partial charge in [0.2, 0.25) is 0 Å². The van der Waals surface area contributed by atoms with Crippen molar-refractivity contribution < 1.29 is 0 Å². The van der Waals surface area contributed by atoms with Crippen LogP contribution in [0.1, 0.15) is 16.3 Å². The van der Waals surface area contributed by atoms with E-state index >= 15 is 0 Å². The third-order valence-electron chi connectivity index (χ3n) is 3.96. The summed E-state index contributed by atoms with van der Waals surface area (Å²) in [6, 6.07) is 14.4. The van der Waals surface area contributed by atoms with Crippen molar-refractivity contribution in [2.45, 2.75) is 19.8 Å². The van der Waals surface area contributed by atoms with E-state index in [9.17, 15) is 0 Å². The average Bonchev–Trinajstić information content (AvgIpc) is 3.10. The van der Waals surface area contributed by atoms with Crippen LogP contribution in [0.2, 0.25) is 0 Å². The van der Waals surface area contributed by atoms with E-state index < -0.39 is 0 Å². The Labute approximate surface area is 158 Å². The predicted octanol–water partition coefficient (Wildman–Crippen LogP) is 3.20. The minimum absolute atomic E-state index is 0.482. The molecule has 2 aromatic heterocycles. The quantitative estimate of drug-likeness (QED) is 0.498. The van der Waals surface area contributed by atoms with E-state index in [4.69, 9.17) is 5.73 Å². The topological polar surface area (TPSA) is 76.2 Å². The first-order chi connectivity index (χ1) is 12.7. The van der Waals surface area contributed by atoms with Crippen molar-refractivity contribution >= 4 is 17.3 Å². The molecular weight excluding hydrogens is 342 g/mol. The van der Waals surface area contributed by atoms with Crippen LogP contribution in [0.4, 0.5) is 0 Å². The van der Waals surface area contributed by atoms with Gasteiger partial charge in [0, 0.05) is 42.3 Å². The molecule has 26 heavy (non-hydrogen) atoms. The Morgan fingerprint density at radius 3 is 2.69 bits per heavy atom. The molecule has 3 rings (SSSR count). The third-order valence-corrected chi connectivity index (χ3v) is 4.74. The molecule has 0 radical (unpaired) electrons. The molecule has 0 saturated carbocycles. The van der Waals surface area contributed by atoms with Crippen LogP contribution < -0.4 is 11.1 Å². The maximum Gasteiger partial charge on any atom is 0.188 e. The number of hydrogen-bond donors (Lipinski definition) is 2. The van der Waals surface area contributed by atoms with Crippen LogP contribution in [0.15, 0.2) is 59.0 Å². The number of pyridine rings is 1. The molecule has 3 N–H and O–H groups in total. The number of aromatic nitrogens is 2. The molecule has 1 aromatic carbocycles. The van der Waals surface area contributed by atoms with Crippen LogP contribution in [0.25, 0.3) is 11.3 Å². The van der Waals surface area contributed by atoms with Crippen LogP contribution in [0.5, 0.6) is 0 Å². The molecule has 6 heteroatoms. The predicted molar refractivity (Wildman–Crippen MR) is 108 cm³/mol. The molecule has 5 nitrogen and oxygen atoms in total. The molecule has 0 saturated heterocycles. The minimum Gasteiger partial charge on any atom is -0.370 e. The Morgan fingerprint density at radius 1 is 1.15 bits per heavy atom. The van der Waals surface area contributed by atoms with Crippen molar-refractivity contribution in [2.24, 2.45) is 10.7 Å². The van der Waals surface area contributed by atoms with E-state index in [0.29, 0.717) is 12.5 Å². The Kier molecular flexibility index (Phi) is 6.33. The van der Waals surface area contributed by atoms with Crippen molar-refractivity contribution in [2.75, 3.05) is 13.1 Å². The van der Waals surface area contributed by atoms with Gasteiger partial charge in [-0.2, -0.15) is 0 Å². The molecule has 0 aliphatic rings. The van der Waals surface area contributed by atoms with Gasteiger partial charge in [-0.3, -0.25) is 9.98 Å². The van der Waals surface area contributed by atoms with Crippen molar-refractivity contribution in [3.63, 3.8) is 0 Å². The van der Waals surface area contributed by atoms with Crippen molar-refractivity contribution in [3.8, 4) is 11.3 Å². The monoisotopic (exact) mass is 365 g/mol. The van der Waals surface area contributed by atoms with Crippen molar-refractivity contribution in [3.05, 3.63) is 70.3 Å². The van der Waals surface area contributed by atoms with E-state index in [1.807, 2.05) is 25.1 Å². The van der Waals surface area contributed by atoms with Crippen molar-refractivity contribution in [1.82, 2.24) is 15.3 Å². The van der Waals surface area contributed by atoms with Gasteiger partial charge in [0.15, 0.2) is 5.96 Å². The maximum atomic E-state index is 5.92. The highest BCUT2D eigenvalue weighted by Gasteiger charge is 2.02. The second-order valence-electron chi connectivity index (χ2n) is 5.96. The van der Waals surface area contributed by atoms with Gasteiger partial charge >= 0.3 is 0 Å². The molecule has 0 unspecified atom stereocenters. The second-order valence-corrected chi connectivity index (χ2v) is 7.03. The van der Waals surface area contributed by atoms with Gasteiger partial charge in [0.25, 0.3) is 0 Å². The summed E-state index contributed by atoms with van der Waals surface area (Å²) in [7, 11) is 0. The number of nitrogens with one attached hydrogen (secondary N) is 1. The number of nitrogens with zero attached hydrogens (tertiary/aromatic N) is 3. The summed E-state index contributed by atoms with van der Waals surface area (Å²) in [6.07, 6.45) is 3.48. The van der Waals surface area contributed by atoms with E-state index in [1.165, 1.54) is 5.56 Å². The molecule has 0 aliphatic heterocycles. The van der Waals surface area contributed by atoms with Crippen LogP contribution in [0, 0.1) is 6.92 Å². The van der Waals surface area contributed by atoms with Crippen LogP contribution in [-0.4, -0.2) is 29.0 Å². The highest BCUT2D eigenvalue weighted by Crippen LogP contribution is 2.21. The Balaban J connectivity index is 1.42. The molecule has 0 fully saturated rings. The third kappa shape index (κ3) is 5.39.